The van der Waals surface area contributed by atoms with Crippen LogP contribution in [-0.4, -0.2) is 41.6 Å². The summed E-state index contributed by atoms with van der Waals surface area (Å²) in [5.74, 6) is 2.92. The molecule has 1 amide bonds. The van der Waals surface area contributed by atoms with Crippen LogP contribution in [0, 0.1) is 0 Å². The molecule has 0 radical (unpaired) electrons. The van der Waals surface area contributed by atoms with Gasteiger partial charge >= 0.3 is 0 Å². The van der Waals surface area contributed by atoms with E-state index in [1.165, 1.54) is 0 Å². The van der Waals surface area contributed by atoms with E-state index < -0.39 is 0 Å². The maximum Gasteiger partial charge on any atom is 0.231 e. The zero-order valence-electron chi connectivity index (χ0n) is 16.6. The Balaban J connectivity index is 2.01. The first-order chi connectivity index (χ1) is 14.1. The molecule has 0 saturated heterocycles. The van der Waals surface area contributed by atoms with Crippen LogP contribution in [0.3, 0.4) is 0 Å². The molecule has 1 aliphatic rings. The Bertz CT molecular complexity index is 1070. The van der Waals surface area contributed by atoms with Crippen LogP contribution in [0.4, 0.5) is 5.69 Å². The van der Waals surface area contributed by atoms with Crippen LogP contribution in [0.15, 0.2) is 36.4 Å². The van der Waals surface area contributed by atoms with Gasteiger partial charge in [0.1, 0.15) is 0 Å². The predicted molar refractivity (Wildman–Crippen MR) is 110 cm³/mol. The van der Waals surface area contributed by atoms with E-state index in [0.717, 1.165) is 34.0 Å². The first-order valence-corrected chi connectivity index (χ1v) is 8.96. The van der Waals surface area contributed by atoms with Crippen LogP contribution in [0.5, 0.6) is 28.7 Å². The van der Waals surface area contributed by atoms with Gasteiger partial charge in [0.25, 0.3) is 0 Å². The third kappa shape index (κ3) is 3.04. The molecule has 3 aromatic rings. The van der Waals surface area contributed by atoms with Gasteiger partial charge in [-0.15, -0.1) is 0 Å². The molecule has 1 heterocycles. The summed E-state index contributed by atoms with van der Waals surface area (Å²) in [5.41, 5.74) is 2.40. The number of rotatable bonds is 6. The fourth-order valence-corrected chi connectivity index (χ4v) is 3.60. The Morgan fingerprint density at radius 1 is 0.931 bits per heavy atom. The van der Waals surface area contributed by atoms with E-state index in [1.807, 2.05) is 36.4 Å². The number of carbonyl (C=O) groups is 1. The highest BCUT2D eigenvalue weighted by atomic mass is 16.7. The van der Waals surface area contributed by atoms with Gasteiger partial charge in [-0.2, -0.15) is 0 Å². The second-order valence-corrected chi connectivity index (χ2v) is 6.52. The van der Waals surface area contributed by atoms with E-state index in [0.29, 0.717) is 28.7 Å². The van der Waals surface area contributed by atoms with Gasteiger partial charge in [0.05, 0.1) is 27.0 Å². The maximum atomic E-state index is 11.7. The fraction of sp³-hybridized carbons (Fsp3) is 0.227. The van der Waals surface area contributed by atoms with Gasteiger partial charge < -0.3 is 28.6 Å². The molecule has 29 heavy (non-hydrogen) atoms. The Labute approximate surface area is 168 Å². The number of benzene rings is 3. The van der Waals surface area contributed by atoms with Crippen molar-refractivity contribution in [1.82, 2.24) is 0 Å². The summed E-state index contributed by atoms with van der Waals surface area (Å²) in [6.45, 7) is 0.185. The molecule has 0 bridgehead atoms. The molecule has 0 unspecified atom stereocenters. The van der Waals surface area contributed by atoms with Crippen LogP contribution in [0.2, 0.25) is 0 Å². The Morgan fingerprint density at radius 2 is 1.59 bits per heavy atom. The number of amides is 1. The van der Waals surface area contributed by atoms with Crippen molar-refractivity contribution in [2.75, 3.05) is 40.1 Å². The minimum atomic E-state index is 0.185. The molecule has 0 saturated carbocycles. The van der Waals surface area contributed by atoms with E-state index in [4.69, 9.17) is 23.7 Å². The van der Waals surface area contributed by atoms with Crippen molar-refractivity contribution in [3.05, 3.63) is 36.4 Å². The van der Waals surface area contributed by atoms with E-state index >= 15 is 0 Å². The minimum Gasteiger partial charge on any atom is -0.493 e. The monoisotopic (exact) mass is 395 g/mol. The molecule has 4 rings (SSSR count). The predicted octanol–water partition coefficient (Wildman–Crippen LogP) is 3.85. The summed E-state index contributed by atoms with van der Waals surface area (Å²) in [5, 5.41) is 1.81. The molecule has 7 heteroatoms. The number of hydrogen-bond acceptors (Lipinski definition) is 6. The SMILES string of the molecule is COc1cc(-c2ccc3cc4c(cc3c2N(C)C=O)OCO4)cc(OC)c1OC. The van der Waals surface area contributed by atoms with Gasteiger partial charge in [-0.3, -0.25) is 4.79 Å². The van der Waals surface area contributed by atoms with E-state index in [9.17, 15) is 4.79 Å². The molecule has 150 valence electrons. The van der Waals surface area contributed by atoms with Gasteiger partial charge in [0.15, 0.2) is 23.0 Å². The molecule has 7 nitrogen and oxygen atoms in total. The second-order valence-electron chi connectivity index (χ2n) is 6.52. The third-order valence-electron chi connectivity index (χ3n) is 4.97. The molecule has 0 atom stereocenters. The van der Waals surface area contributed by atoms with Crippen molar-refractivity contribution in [2.24, 2.45) is 0 Å². The molecule has 0 N–H and O–H groups in total. The summed E-state index contributed by atoms with van der Waals surface area (Å²) in [7, 11) is 6.42. The van der Waals surface area contributed by atoms with Crippen LogP contribution >= 0.6 is 0 Å². The Morgan fingerprint density at radius 3 is 2.17 bits per heavy atom. The lowest BCUT2D eigenvalue weighted by atomic mass is 9.96. The zero-order valence-corrected chi connectivity index (χ0v) is 16.6. The molecular weight excluding hydrogens is 374 g/mol. The standard InChI is InChI=1S/C22H21NO6/c1-23(11-24)21-15(14-8-19(25-2)22(27-4)20(9-14)26-3)6-5-13-7-17-18(10-16(13)21)29-12-28-17/h5-11H,12H2,1-4H3. The number of methoxy groups -OCH3 is 3. The molecule has 0 spiro atoms. The fourth-order valence-electron chi connectivity index (χ4n) is 3.60. The van der Waals surface area contributed by atoms with Crippen molar-refractivity contribution in [1.29, 1.82) is 0 Å². The second kappa shape index (κ2) is 7.43. The maximum absolute atomic E-state index is 11.7. The number of nitrogens with zero attached hydrogens (tertiary/aromatic N) is 1. The smallest absolute Gasteiger partial charge is 0.231 e. The zero-order chi connectivity index (χ0) is 20.5. The summed E-state index contributed by atoms with van der Waals surface area (Å²) in [6, 6.07) is 11.5. The van der Waals surface area contributed by atoms with Gasteiger partial charge in [-0.25, -0.2) is 0 Å². The largest absolute Gasteiger partial charge is 0.493 e. The number of fused-ring (bicyclic) bond motifs is 2. The molecule has 1 aliphatic heterocycles. The lowest BCUT2D eigenvalue weighted by molar-refractivity contribution is -0.107. The molecular formula is C22H21NO6. The van der Waals surface area contributed by atoms with Gasteiger partial charge in [0, 0.05) is 18.0 Å². The third-order valence-corrected chi connectivity index (χ3v) is 4.97. The summed E-state index contributed by atoms with van der Waals surface area (Å²) < 4.78 is 27.4. The molecule has 0 aromatic heterocycles. The lowest BCUT2D eigenvalue weighted by Crippen LogP contribution is -2.15. The highest BCUT2D eigenvalue weighted by molar-refractivity contribution is 6.07. The lowest BCUT2D eigenvalue weighted by Gasteiger charge is -2.21. The summed E-state index contributed by atoms with van der Waals surface area (Å²) in [4.78, 5) is 13.3. The summed E-state index contributed by atoms with van der Waals surface area (Å²) >= 11 is 0. The minimum absolute atomic E-state index is 0.185. The van der Waals surface area contributed by atoms with Crippen molar-refractivity contribution >= 4 is 22.9 Å². The number of ether oxygens (including phenoxy) is 5. The average molecular weight is 395 g/mol. The molecule has 0 aliphatic carbocycles. The number of hydrogen-bond donors (Lipinski definition) is 0. The van der Waals surface area contributed by atoms with Gasteiger partial charge in [-0.05, 0) is 35.2 Å². The van der Waals surface area contributed by atoms with E-state index in [1.54, 1.807) is 33.3 Å². The van der Waals surface area contributed by atoms with Crippen molar-refractivity contribution in [3.8, 4) is 39.9 Å². The van der Waals surface area contributed by atoms with Crippen LogP contribution in [0.25, 0.3) is 21.9 Å². The van der Waals surface area contributed by atoms with Crippen molar-refractivity contribution < 1.29 is 28.5 Å². The van der Waals surface area contributed by atoms with Gasteiger partial charge in [-0.1, -0.05) is 12.1 Å². The highest BCUT2D eigenvalue weighted by Gasteiger charge is 2.21. The summed E-state index contributed by atoms with van der Waals surface area (Å²) in [6.07, 6.45) is 0.779. The Kier molecular flexibility index (Phi) is 4.80. The molecule has 3 aromatic carbocycles. The first-order valence-electron chi connectivity index (χ1n) is 8.96. The highest BCUT2D eigenvalue weighted by Crippen LogP contribution is 2.46. The quantitative estimate of drug-likeness (QED) is 0.591. The van der Waals surface area contributed by atoms with Crippen LogP contribution in [0.1, 0.15) is 0 Å². The Hall–Kier alpha value is -3.61. The first kappa shape index (κ1) is 18.7. The average Bonchev–Trinajstić information content (AvgIpc) is 3.22. The van der Waals surface area contributed by atoms with E-state index in [2.05, 4.69) is 0 Å². The number of carbonyl (C=O) groups excluding carboxylic acids is 1. The number of anilines is 1. The van der Waals surface area contributed by atoms with Crippen molar-refractivity contribution in [3.63, 3.8) is 0 Å². The normalized spacial score (nSPS) is 12.0. The van der Waals surface area contributed by atoms with Crippen LogP contribution in [-0.2, 0) is 4.79 Å². The topological polar surface area (TPSA) is 66.5 Å². The van der Waals surface area contributed by atoms with Gasteiger partial charge in [0.2, 0.25) is 19.0 Å². The van der Waals surface area contributed by atoms with Crippen LogP contribution < -0.4 is 28.6 Å². The van der Waals surface area contributed by atoms with E-state index in [-0.39, 0.29) is 6.79 Å². The van der Waals surface area contributed by atoms with Crippen molar-refractivity contribution in [2.45, 2.75) is 0 Å². The molecule has 0 fully saturated rings.